The third-order valence-electron chi connectivity index (χ3n) is 5.53. The summed E-state index contributed by atoms with van der Waals surface area (Å²) in [7, 11) is 0. The van der Waals surface area contributed by atoms with Gasteiger partial charge in [0.25, 0.3) is 0 Å². The van der Waals surface area contributed by atoms with E-state index in [2.05, 4.69) is 0 Å². The Kier molecular flexibility index (Phi) is 11.5. The van der Waals surface area contributed by atoms with E-state index in [1.807, 2.05) is 12.2 Å². The van der Waals surface area contributed by atoms with Gasteiger partial charge < -0.3 is 24.4 Å². The van der Waals surface area contributed by atoms with Crippen molar-refractivity contribution in [1.29, 1.82) is 0 Å². The molecular formula is C25H34F4O6. The molecule has 198 valence electrons. The van der Waals surface area contributed by atoms with E-state index in [4.69, 9.17) is 14.2 Å². The molecule has 0 saturated heterocycles. The molecule has 0 spiro atoms. The number of carbonyl (C=O) groups excluding carboxylic acids is 1. The zero-order valence-electron chi connectivity index (χ0n) is 19.9. The maximum Gasteiger partial charge on any atom is 0.416 e. The topological polar surface area (TPSA) is 85.2 Å². The highest BCUT2D eigenvalue weighted by Crippen LogP contribution is 2.33. The Morgan fingerprint density at radius 2 is 1.91 bits per heavy atom. The summed E-state index contributed by atoms with van der Waals surface area (Å²) in [6.07, 6.45) is -3.13. The monoisotopic (exact) mass is 506 g/mol. The quantitative estimate of drug-likeness (QED) is 0.176. The van der Waals surface area contributed by atoms with Crippen LogP contribution in [-0.4, -0.2) is 60.0 Å². The van der Waals surface area contributed by atoms with Gasteiger partial charge in [0.1, 0.15) is 12.4 Å². The summed E-state index contributed by atoms with van der Waals surface area (Å²) in [6.45, 7) is 2.61. The van der Waals surface area contributed by atoms with Crippen molar-refractivity contribution in [2.45, 2.75) is 82.7 Å². The van der Waals surface area contributed by atoms with Crippen LogP contribution >= 0.6 is 0 Å². The van der Waals surface area contributed by atoms with Gasteiger partial charge in [-0.2, -0.15) is 13.2 Å². The SMILES string of the molecule is CC(C)OC(=O)CCC/C=C\C[C@@H]1[C@@H](OC[C@@H](F)COc2cccc(C(F)(F)F)c2)[C@H](O)C[C@@H]1O. The van der Waals surface area contributed by atoms with Crippen molar-refractivity contribution in [3.05, 3.63) is 42.0 Å². The number of aliphatic hydroxyl groups is 2. The van der Waals surface area contributed by atoms with Gasteiger partial charge >= 0.3 is 12.1 Å². The number of benzene rings is 1. The number of aliphatic hydroxyl groups excluding tert-OH is 2. The van der Waals surface area contributed by atoms with Crippen LogP contribution in [-0.2, 0) is 20.4 Å². The van der Waals surface area contributed by atoms with Crippen LogP contribution in [0.5, 0.6) is 5.75 Å². The van der Waals surface area contributed by atoms with E-state index >= 15 is 0 Å². The average Bonchev–Trinajstić information content (AvgIpc) is 3.04. The fourth-order valence-electron chi connectivity index (χ4n) is 3.86. The van der Waals surface area contributed by atoms with Crippen LogP contribution in [0.2, 0.25) is 0 Å². The maximum atomic E-state index is 14.3. The smallest absolute Gasteiger partial charge is 0.416 e. The van der Waals surface area contributed by atoms with Crippen LogP contribution < -0.4 is 4.74 Å². The van der Waals surface area contributed by atoms with E-state index in [1.165, 1.54) is 12.1 Å². The average molecular weight is 507 g/mol. The standard InChI is InChI=1S/C25H34F4O6/c1-16(2)35-23(32)11-6-4-3-5-10-20-21(30)13-22(31)24(20)34-15-18(26)14-33-19-9-7-8-17(12-19)25(27,28)29/h3,5,7-9,12,16,18,20-22,24,30-31H,4,6,10-11,13-15H2,1-2H3/b5-3-/t18-,20-,21-,22+,24+/m0/s1. The molecule has 0 heterocycles. The van der Waals surface area contributed by atoms with E-state index in [0.29, 0.717) is 25.7 Å². The number of hydrogen-bond donors (Lipinski definition) is 2. The number of carbonyl (C=O) groups is 1. The largest absolute Gasteiger partial charge is 0.490 e. The minimum atomic E-state index is -4.53. The third kappa shape index (κ3) is 10.1. The van der Waals surface area contributed by atoms with Crippen LogP contribution in [0.1, 0.15) is 51.5 Å². The molecule has 0 unspecified atom stereocenters. The number of halogens is 4. The molecule has 0 bridgehead atoms. The molecule has 0 aliphatic heterocycles. The van der Waals surface area contributed by atoms with Crippen molar-refractivity contribution in [2.75, 3.05) is 13.2 Å². The Morgan fingerprint density at radius 1 is 1.17 bits per heavy atom. The second-order valence-electron chi connectivity index (χ2n) is 8.90. The molecule has 10 heteroatoms. The van der Waals surface area contributed by atoms with Crippen LogP contribution in [0.4, 0.5) is 17.6 Å². The molecule has 0 amide bonds. The van der Waals surface area contributed by atoms with E-state index in [-0.39, 0.29) is 24.2 Å². The van der Waals surface area contributed by atoms with E-state index in [0.717, 1.165) is 12.1 Å². The van der Waals surface area contributed by atoms with Gasteiger partial charge in [-0.1, -0.05) is 18.2 Å². The fourth-order valence-corrected chi connectivity index (χ4v) is 3.86. The first kappa shape index (κ1) is 29.1. The van der Waals surface area contributed by atoms with Gasteiger partial charge in [-0.3, -0.25) is 4.79 Å². The highest BCUT2D eigenvalue weighted by molar-refractivity contribution is 5.69. The Balaban J connectivity index is 1.76. The zero-order chi connectivity index (χ0) is 26.0. The Hall–Kier alpha value is -2.17. The predicted molar refractivity (Wildman–Crippen MR) is 121 cm³/mol. The molecular weight excluding hydrogens is 472 g/mol. The van der Waals surface area contributed by atoms with E-state index < -0.39 is 55.4 Å². The molecule has 1 aromatic carbocycles. The van der Waals surface area contributed by atoms with Gasteiger partial charge in [0, 0.05) is 18.8 Å². The van der Waals surface area contributed by atoms with Crippen LogP contribution in [0.3, 0.4) is 0 Å². The molecule has 2 rings (SSSR count). The fraction of sp³-hybridized carbons (Fsp3) is 0.640. The van der Waals surface area contributed by atoms with Crippen molar-refractivity contribution in [3.63, 3.8) is 0 Å². The van der Waals surface area contributed by atoms with E-state index in [9.17, 15) is 32.6 Å². The lowest BCUT2D eigenvalue weighted by molar-refractivity contribution is -0.147. The van der Waals surface area contributed by atoms with E-state index in [1.54, 1.807) is 13.8 Å². The van der Waals surface area contributed by atoms with Crippen molar-refractivity contribution < 1.29 is 46.8 Å². The highest BCUT2D eigenvalue weighted by atomic mass is 19.4. The van der Waals surface area contributed by atoms with Crippen molar-refractivity contribution in [2.24, 2.45) is 5.92 Å². The minimum absolute atomic E-state index is 0.0991. The second kappa shape index (κ2) is 13.8. The Labute approximate surface area is 202 Å². The first-order valence-electron chi connectivity index (χ1n) is 11.7. The molecule has 1 aromatic rings. The molecule has 1 saturated carbocycles. The lowest BCUT2D eigenvalue weighted by atomic mass is 9.98. The number of ether oxygens (including phenoxy) is 3. The molecule has 5 atom stereocenters. The Morgan fingerprint density at radius 3 is 2.60 bits per heavy atom. The lowest BCUT2D eigenvalue weighted by Gasteiger charge is -2.24. The molecule has 1 fully saturated rings. The summed E-state index contributed by atoms with van der Waals surface area (Å²) in [6, 6.07) is 4.16. The van der Waals surface area contributed by atoms with Crippen LogP contribution in [0, 0.1) is 5.92 Å². The van der Waals surface area contributed by atoms with Crippen molar-refractivity contribution in [1.82, 2.24) is 0 Å². The summed E-state index contributed by atoms with van der Waals surface area (Å²) < 4.78 is 68.3. The minimum Gasteiger partial charge on any atom is -0.490 e. The number of esters is 1. The number of hydrogen-bond acceptors (Lipinski definition) is 6. The summed E-state index contributed by atoms with van der Waals surface area (Å²) in [4.78, 5) is 11.5. The van der Waals surface area contributed by atoms with Crippen LogP contribution in [0.25, 0.3) is 0 Å². The lowest BCUT2D eigenvalue weighted by Crippen LogP contribution is -2.33. The molecule has 0 radical (unpaired) electrons. The zero-order valence-corrected chi connectivity index (χ0v) is 19.9. The summed E-state index contributed by atoms with van der Waals surface area (Å²) >= 11 is 0. The first-order chi connectivity index (χ1) is 16.5. The normalized spacial score (nSPS) is 23.7. The van der Waals surface area contributed by atoms with Gasteiger partial charge in [0.05, 0.1) is 36.6 Å². The van der Waals surface area contributed by atoms with Gasteiger partial charge in [0.2, 0.25) is 0 Å². The van der Waals surface area contributed by atoms with Gasteiger partial charge in [-0.25, -0.2) is 4.39 Å². The molecule has 1 aliphatic rings. The third-order valence-corrected chi connectivity index (χ3v) is 5.53. The number of rotatable bonds is 13. The molecule has 0 aromatic heterocycles. The number of unbranched alkanes of at least 4 members (excludes halogenated alkanes) is 1. The van der Waals surface area contributed by atoms with Crippen LogP contribution in [0.15, 0.2) is 36.4 Å². The van der Waals surface area contributed by atoms with Gasteiger partial charge in [-0.05, 0) is 51.3 Å². The second-order valence-corrected chi connectivity index (χ2v) is 8.90. The molecule has 6 nitrogen and oxygen atoms in total. The van der Waals surface area contributed by atoms with Gasteiger partial charge in [-0.15, -0.1) is 0 Å². The van der Waals surface area contributed by atoms with Gasteiger partial charge in [0.15, 0.2) is 6.17 Å². The highest BCUT2D eigenvalue weighted by Gasteiger charge is 2.42. The predicted octanol–water partition coefficient (Wildman–Crippen LogP) is 4.62. The summed E-state index contributed by atoms with van der Waals surface area (Å²) in [5, 5.41) is 20.5. The first-order valence-corrected chi connectivity index (χ1v) is 11.7. The molecule has 35 heavy (non-hydrogen) atoms. The van der Waals surface area contributed by atoms with Crippen molar-refractivity contribution >= 4 is 5.97 Å². The number of allylic oxidation sites excluding steroid dienone is 2. The Bertz CT molecular complexity index is 813. The number of alkyl halides is 4. The molecule has 2 N–H and O–H groups in total. The molecule has 1 aliphatic carbocycles. The van der Waals surface area contributed by atoms with Crippen molar-refractivity contribution in [3.8, 4) is 5.75 Å². The summed E-state index contributed by atoms with van der Waals surface area (Å²) in [5.74, 6) is -0.808. The maximum absolute atomic E-state index is 14.3. The summed E-state index contributed by atoms with van der Waals surface area (Å²) in [5.41, 5.74) is -0.892.